The summed E-state index contributed by atoms with van der Waals surface area (Å²) in [4.78, 5) is 2.52. The van der Waals surface area contributed by atoms with Crippen LogP contribution in [0.25, 0.3) is 0 Å². The van der Waals surface area contributed by atoms with Gasteiger partial charge >= 0.3 is 0 Å². The molecule has 0 spiro atoms. The number of rotatable bonds is 8. The average Bonchev–Trinajstić information content (AvgIpc) is 2.13. The van der Waals surface area contributed by atoms with Crippen LogP contribution in [0.15, 0.2) is 0 Å². The molecule has 0 atom stereocenters. The van der Waals surface area contributed by atoms with E-state index in [0.29, 0.717) is 0 Å². The molecule has 2 heteroatoms. The van der Waals surface area contributed by atoms with Gasteiger partial charge in [0.05, 0.1) is 0 Å². The van der Waals surface area contributed by atoms with Crippen LogP contribution in [0.5, 0.6) is 0 Å². The second kappa shape index (κ2) is 8.25. The minimum Gasteiger partial charge on any atom is -0.329 e. The molecule has 2 nitrogen and oxygen atoms in total. The van der Waals surface area contributed by atoms with E-state index in [1.165, 1.54) is 25.9 Å². The fourth-order valence-electron chi connectivity index (χ4n) is 1.87. The quantitative estimate of drug-likeness (QED) is 0.651. The zero-order valence-corrected chi connectivity index (χ0v) is 10.4. The van der Waals surface area contributed by atoms with Crippen molar-refractivity contribution in [2.45, 2.75) is 40.5 Å². The standard InChI is InChI=1S/C12H28N2/c1-5-12(6-2)10-14(8-7-13)9-11(3)4/h11-12H,5-10,13H2,1-4H3. The van der Waals surface area contributed by atoms with E-state index >= 15 is 0 Å². The van der Waals surface area contributed by atoms with Gasteiger partial charge in [-0.15, -0.1) is 0 Å². The van der Waals surface area contributed by atoms with Crippen LogP contribution in [0, 0.1) is 11.8 Å². The lowest BCUT2D eigenvalue weighted by Gasteiger charge is -2.27. The zero-order chi connectivity index (χ0) is 11.0. The summed E-state index contributed by atoms with van der Waals surface area (Å²) >= 11 is 0. The Morgan fingerprint density at radius 3 is 2.00 bits per heavy atom. The molecule has 0 amide bonds. The lowest BCUT2D eigenvalue weighted by Crippen LogP contribution is -2.36. The number of hydrogen-bond acceptors (Lipinski definition) is 2. The van der Waals surface area contributed by atoms with Gasteiger partial charge in [-0.3, -0.25) is 0 Å². The Morgan fingerprint density at radius 2 is 1.64 bits per heavy atom. The molecule has 2 N–H and O–H groups in total. The number of nitrogens with zero attached hydrogens (tertiary/aromatic N) is 1. The van der Waals surface area contributed by atoms with Gasteiger partial charge in [-0.1, -0.05) is 40.5 Å². The summed E-state index contributed by atoms with van der Waals surface area (Å²) in [5.41, 5.74) is 5.62. The van der Waals surface area contributed by atoms with E-state index < -0.39 is 0 Å². The molecule has 0 unspecified atom stereocenters. The Hall–Kier alpha value is -0.0800. The monoisotopic (exact) mass is 200 g/mol. The fourth-order valence-corrected chi connectivity index (χ4v) is 1.87. The molecule has 0 aliphatic heterocycles. The molecule has 0 heterocycles. The third-order valence-corrected chi connectivity index (χ3v) is 2.74. The van der Waals surface area contributed by atoms with Crippen molar-refractivity contribution in [3.05, 3.63) is 0 Å². The summed E-state index contributed by atoms with van der Waals surface area (Å²) in [6.07, 6.45) is 2.57. The summed E-state index contributed by atoms with van der Waals surface area (Å²) in [5, 5.41) is 0. The molecule has 0 aromatic rings. The van der Waals surface area contributed by atoms with Crippen molar-refractivity contribution in [3.8, 4) is 0 Å². The van der Waals surface area contributed by atoms with Crippen molar-refractivity contribution >= 4 is 0 Å². The minimum atomic E-state index is 0.746. The van der Waals surface area contributed by atoms with E-state index in [1.807, 2.05) is 0 Å². The first-order valence-electron chi connectivity index (χ1n) is 6.06. The van der Waals surface area contributed by atoms with Crippen molar-refractivity contribution < 1.29 is 0 Å². The summed E-state index contributed by atoms with van der Waals surface area (Å²) in [6.45, 7) is 13.4. The molecule has 0 bridgehead atoms. The van der Waals surface area contributed by atoms with E-state index in [1.54, 1.807) is 0 Å². The highest BCUT2D eigenvalue weighted by molar-refractivity contribution is 4.66. The third-order valence-electron chi connectivity index (χ3n) is 2.74. The van der Waals surface area contributed by atoms with Crippen LogP contribution in [-0.2, 0) is 0 Å². The molecule has 0 rings (SSSR count). The van der Waals surface area contributed by atoms with Crippen molar-refractivity contribution in [3.63, 3.8) is 0 Å². The second-order valence-electron chi connectivity index (χ2n) is 4.62. The van der Waals surface area contributed by atoms with Gasteiger partial charge in [0.25, 0.3) is 0 Å². The first kappa shape index (κ1) is 13.9. The molecule has 0 aliphatic rings. The van der Waals surface area contributed by atoms with Crippen molar-refractivity contribution in [2.24, 2.45) is 17.6 Å². The maximum absolute atomic E-state index is 5.62. The summed E-state index contributed by atoms with van der Waals surface area (Å²) in [5.74, 6) is 1.59. The normalized spacial score (nSPS) is 12.0. The van der Waals surface area contributed by atoms with Crippen LogP contribution >= 0.6 is 0 Å². The topological polar surface area (TPSA) is 29.3 Å². The molecule has 0 saturated heterocycles. The Bertz CT molecular complexity index is 119. The van der Waals surface area contributed by atoms with Crippen LogP contribution in [-0.4, -0.2) is 31.1 Å². The number of nitrogens with two attached hydrogens (primary N) is 1. The van der Waals surface area contributed by atoms with Crippen LogP contribution in [0.3, 0.4) is 0 Å². The second-order valence-corrected chi connectivity index (χ2v) is 4.62. The summed E-state index contributed by atoms with van der Waals surface area (Å²) in [6, 6.07) is 0. The largest absolute Gasteiger partial charge is 0.329 e. The molecular weight excluding hydrogens is 172 g/mol. The molecular formula is C12H28N2. The lowest BCUT2D eigenvalue weighted by atomic mass is 10.0. The Labute approximate surface area is 89.9 Å². The van der Waals surface area contributed by atoms with Crippen LogP contribution in [0.1, 0.15) is 40.5 Å². The zero-order valence-electron chi connectivity index (χ0n) is 10.4. The first-order chi connectivity index (χ1) is 6.63. The summed E-state index contributed by atoms with van der Waals surface area (Å²) in [7, 11) is 0. The molecule has 86 valence electrons. The van der Waals surface area contributed by atoms with Crippen LogP contribution < -0.4 is 5.73 Å². The van der Waals surface area contributed by atoms with E-state index in [4.69, 9.17) is 5.73 Å². The van der Waals surface area contributed by atoms with Crippen molar-refractivity contribution in [2.75, 3.05) is 26.2 Å². The van der Waals surface area contributed by atoms with Crippen LogP contribution in [0.4, 0.5) is 0 Å². The predicted octanol–water partition coefficient (Wildman–Crippen LogP) is 2.34. The van der Waals surface area contributed by atoms with Gasteiger partial charge in [-0.2, -0.15) is 0 Å². The Morgan fingerprint density at radius 1 is 1.07 bits per heavy atom. The Kier molecular flexibility index (Phi) is 8.20. The van der Waals surface area contributed by atoms with Gasteiger partial charge < -0.3 is 10.6 Å². The van der Waals surface area contributed by atoms with Gasteiger partial charge in [0.1, 0.15) is 0 Å². The highest BCUT2D eigenvalue weighted by Crippen LogP contribution is 2.10. The molecule has 0 aromatic heterocycles. The minimum absolute atomic E-state index is 0.746. The highest BCUT2D eigenvalue weighted by Gasteiger charge is 2.11. The van der Waals surface area contributed by atoms with Crippen molar-refractivity contribution in [1.29, 1.82) is 0 Å². The maximum Gasteiger partial charge on any atom is 0.0105 e. The van der Waals surface area contributed by atoms with E-state index in [9.17, 15) is 0 Å². The fraction of sp³-hybridized carbons (Fsp3) is 1.00. The SMILES string of the molecule is CCC(CC)CN(CCN)CC(C)C. The molecule has 0 aliphatic carbocycles. The average molecular weight is 200 g/mol. The van der Waals surface area contributed by atoms with Gasteiger partial charge in [-0.25, -0.2) is 0 Å². The van der Waals surface area contributed by atoms with Gasteiger partial charge in [0, 0.05) is 26.2 Å². The number of hydrogen-bond donors (Lipinski definition) is 1. The third kappa shape index (κ3) is 6.39. The van der Waals surface area contributed by atoms with Gasteiger partial charge in [0.15, 0.2) is 0 Å². The molecule has 14 heavy (non-hydrogen) atoms. The molecule has 0 aromatic carbocycles. The van der Waals surface area contributed by atoms with Gasteiger partial charge in [-0.05, 0) is 11.8 Å². The Balaban J connectivity index is 3.92. The first-order valence-corrected chi connectivity index (χ1v) is 6.06. The summed E-state index contributed by atoms with van der Waals surface area (Å²) < 4.78 is 0. The highest BCUT2D eigenvalue weighted by atomic mass is 15.1. The molecule has 0 radical (unpaired) electrons. The van der Waals surface area contributed by atoms with Gasteiger partial charge in [0.2, 0.25) is 0 Å². The van der Waals surface area contributed by atoms with Crippen LogP contribution in [0.2, 0.25) is 0 Å². The van der Waals surface area contributed by atoms with E-state index in [2.05, 4.69) is 32.6 Å². The lowest BCUT2D eigenvalue weighted by molar-refractivity contribution is 0.207. The smallest absolute Gasteiger partial charge is 0.0105 e. The molecule has 0 fully saturated rings. The van der Waals surface area contributed by atoms with E-state index in [-0.39, 0.29) is 0 Å². The van der Waals surface area contributed by atoms with Crippen molar-refractivity contribution in [1.82, 2.24) is 4.90 Å². The van der Waals surface area contributed by atoms with E-state index in [0.717, 1.165) is 24.9 Å². The predicted molar refractivity (Wildman–Crippen MR) is 64.4 cm³/mol. The molecule has 0 saturated carbocycles. The maximum atomic E-state index is 5.62.